The number of hydrogen-bond acceptors (Lipinski definition) is 5. The van der Waals surface area contributed by atoms with E-state index in [-0.39, 0.29) is 18.6 Å². The first kappa shape index (κ1) is 32.9. The van der Waals surface area contributed by atoms with Crippen molar-refractivity contribution in [2.75, 3.05) is 39.3 Å². The average Bonchev–Trinajstić information content (AvgIpc) is 3.04. The number of nitrogens with zero attached hydrogens (tertiary/aromatic N) is 3. The van der Waals surface area contributed by atoms with E-state index in [0.29, 0.717) is 31.2 Å². The number of halogens is 3. The summed E-state index contributed by atoms with van der Waals surface area (Å²) in [5.41, 5.74) is 0.756. The van der Waals surface area contributed by atoms with E-state index in [1.165, 1.54) is 0 Å². The zero-order valence-corrected chi connectivity index (χ0v) is 23.6. The number of rotatable bonds is 17. The van der Waals surface area contributed by atoms with Crippen molar-refractivity contribution < 1.29 is 23.0 Å². The first-order valence-corrected chi connectivity index (χ1v) is 14.0. The molecule has 0 radical (unpaired) electrons. The highest BCUT2D eigenvalue weighted by Gasteiger charge is 2.26. The zero-order chi connectivity index (χ0) is 27.1. The quantitative estimate of drug-likeness (QED) is 0.181. The first-order valence-electron chi connectivity index (χ1n) is 14.0. The number of likely N-dealkylation sites (tertiary alicyclic amines) is 1. The summed E-state index contributed by atoms with van der Waals surface area (Å²) in [4.78, 5) is 8.67. The van der Waals surface area contributed by atoms with Gasteiger partial charge in [0.2, 0.25) is 0 Å². The van der Waals surface area contributed by atoms with E-state index < -0.39 is 18.7 Å². The van der Waals surface area contributed by atoms with Gasteiger partial charge in [-0.25, -0.2) is 13.2 Å². The average molecular weight is 520 g/mol. The van der Waals surface area contributed by atoms with Gasteiger partial charge in [-0.1, -0.05) is 27.2 Å². The fourth-order valence-electron chi connectivity index (χ4n) is 4.94. The molecule has 5 unspecified atom stereocenters. The Balaban J connectivity index is 2.75. The molecule has 0 bridgehead atoms. The van der Waals surface area contributed by atoms with Crippen LogP contribution in [0, 0.1) is 11.8 Å². The van der Waals surface area contributed by atoms with Gasteiger partial charge in [0.15, 0.2) is 0 Å². The molecule has 1 N–H and O–H groups in total. The maximum absolute atomic E-state index is 13.9. The minimum atomic E-state index is -2.38. The minimum Gasteiger partial charge on any atom is -0.491 e. The molecule has 212 valence electrons. The van der Waals surface area contributed by atoms with Crippen molar-refractivity contribution in [3.05, 3.63) is 11.5 Å². The van der Waals surface area contributed by atoms with Crippen molar-refractivity contribution in [3.8, 4) is 0 Å². The Bertz CT molecular complexity index is 636. The second-order valence-corrected chi connectivity index (χ2v) is 10.4. The number of aliphatic hydroxyl groups excluding tert-OH is 1. The lowest BCUT2D eigenvalue weighted by atomic mass is 9.88. The molecular formula is C28H52F3N3O2. The molecule has 1 heterocycles. The number of aliphatic imine (C=N–C) groups is 1. The summed E-state index contributed by atoms with van der Waals surface area (Å²) >= 11 is 0. The molecule has 36 heavy (non-hydrogen) atoms. The molecule has 5 nitrogen and oxygen atoms in total. The molecular weight excluding hydrogens is 467 g/mol. The van der Waals surface area contributed by atoms with Crippen LogP contribution in [-0.2, 0) is 4.74 Å². The summed E-state index contributed by atoms with van der Waals surface area (Å²) in [6.45, 7) is 14.7. The fraction of sp³-hybridized carbons (Fsp3) is 0.893. The summed E-state index contributed by atoms with van der Waals surface area (Å²) in [5.74, 6) is 0.852. The number of likely N-dealkylation sites (N-methyl/N-ethyl adjacent to an activating group) is 1. The third-order valence-corrected chi connectivity index (χ3v) is 7.37. The van der Waals surface area contributed by atoms with Gasteiger partial charge in [0.25, 0.3) is 6.43 Å². The van der Waals surface area contributed by atoms with Crippen LogP contribution in [0.1, 0.15) is 86.5 Å². The van der Waals surface area contributed by atoms with Gasteiger partial charge in [0, 0.05) is 25.2 Å². The van der Waals surface area contributed by atoms with Gasteiger partial charge in [0.05, 0.1) is 31.0 Å². The summed E-state index contributed by atoms with van der Waals surface area (Å²) in [6, 6.07) is 0. The van der Waals surface area contributed by atoms with Crippen LogP contribution in [0.4, 0.5) is 13.2 Å². The van der Waals surface area contributed by atoms with Crippen LogP contribution in [0.5, 0.6) is 0 Å². The van der Waals surface area contributed by atoms with Gasteiger partial charge in [0.1, 0.15) is 11.9 Å². The fourth-order valence-corrected chi connectivity index (χ4v) is 4.94. The number of hydrogen-bond donors (Lipinski definition) is 1. The predicted molar refractivity (Wildman–Crippen MR) is 144 cm³/mol. The van der Waals surface area contributed by atoms with E-state index in [1.54, 1.807) is 18.7 Å². The van der Waals surface area contributed by atoms with Crippen LogP contribution in [-0.4, -0.2) is 85.2 Å². The van der Waals surface area contributed by atoms with Gasteiger partial charge < -0.3 is 14.7 Å². The molecule has 0 saturated carbocycles. The monoisotopic (exact) mass is 519 g/mol. The molecule has 1 aliphatic heterocycles. The standard InChI is InChI=1S/C28H52F3N3O2/c1-7-15-32-22(5)27(19-33(9-3)20-28(30)31)36-25-11-10-16-34(17-14-25)18-24(8-2)12-13-26(21(4)29)23(6)35/h15,21,23-26,28,35H,7-14,16-20H2,1-6H3/b27-22+,32-15?. The lowest BCUT2D eigenvalue weighted by Gasteiger charge is -2.28. The van der Waals surface area contributed by atoms with Gasteiger partial charge in [-0.15, -0.1) is 0 Å². The van der Waals surface area contributed by atoms with Crippen LogP contribution < -0.4 is 0 Å². The molecule has 1 fully saturated rings. The Morgan fingerprint density at radius 2 is 1.86 bits per heavy atom. The predicted octanol–water partition coefficient (Wildman–Crippen LogP) is 6.32. The van der Waals surface area contributed by atoms with E-state index in [0.717, 1.165) is 63.9 Å². The molecule has 0 aromatic heterocycles. The van der Waals surface area contributed by atoms with Crippen LogP contribution in [0.25, 0.3) is 0 Å². The molecule has 0 aromatic rings. The van der Waals surface area contributed by atoms with Gasteiger partial charge in [-0.3, -0.25) is 9.89 Å². The molecule has 0 aromatic carbocycles. The van der Waals surface area contributed by atoms with Gasteiger partial charge in [-0.05, 0) is 78.3 Å². The van der Waals surface area contributed by atoms with E-state index >= 15 is 0 Å². The Hall–Kier alpha value is -1.12. The minimum absolute atomic E-state index is 0.0362. The molecule has 0 aliphatic carbocycles. The van der Waals surface area contributed by atoms with Crippen molar-refractivity contribution in [1.82, 2.24) is 9.80 Å². The molecule has 0 spiro atoms. The van der Waals surface area contributed by atoms with Crippen LogP contribution in [0.2, 0.25) is 0 Å². The molecule has 8 heteroatoms. The second kappa shape index (κ2) is 18.2. The zero-order valence-electron chi connectivity index (χ0n) is 23.6. The lowest BCUT2D eigenvalue weighted by molar-refractivity contribution is 0.0580. The largest absolute Gasteiger partial charge is 0.491 e. The third kappa shape index (κ3) is 12.9. The molecule has 0 amide bonds. The highest BCUT2D eigenvalue weighted by molar-refractivity contribution is 5.58. The Morgan fingerprint density at radius 1 is 1.14 bits per heavy atom. The molecule has 1 saturated heterocycles. The Kier molecular flexibility index (Phi) is 16.6. The smallest absolute Gasteiger partial charge is 0.251 e. The summed E-state index contributed by atoms with van der Waals surface area (Å²) in [6.07, 6.45) is 4.11. The first-order chi connectivity index (χ1) is 17.1. The van der Waals surface area contributed by atoms with E-state index in [1.807, 2.05) is 27.0 Å². The van der Waals surface area contributed by atoms with Crippen molar-refractivity contribution in [2.24, 2.45) is 16.8 Å². The summed E-state index contributed by atoms with van der Waals surface area (Å²) < 4.78 is 46.4. The summed E-state index contributed by atoms with van der Waals surface area (Å²) in [7, 11) is 0. The van der Waals surface area contributed by atoms with Crippen LogP contribution in [0.3, 0.4) is 0 Å². The molecule has 1 aliphatic rings. The van der Waals surface area contributed by atoms with Gasteiger partial charge in [-0.2, -0.15) is 0 Å². The SMILES string of the molecule is CCC=N/C(C)=C(\CN(CC)CC(F)F)OC1CCCN(CC(CC)CCC(C(C)O)C(C)F)CC1. The highest BCUT2D eigenvalue weighted by atomic mass is 19.3. The number of ether oxygens (including phenoxy) is 1. The highest BCUT2D eigenvalue weighted by Crippen LogP contribution is 2.25. The molecule has 1 rings (SSSR count). The van der Waals surface area contributed by atoms with Crippen molar-refractivity contribution >= 4 is 6.21 Å². The Morgan fingerprint density at radius 3 is 2.42 bits per heavy atom. The number of aliphatic hydroxyl groups is 1. The number of alkyl halides is 3. The van der Waals surface area contributed by atoms with E-state index in [9.17, 15) is 18.3 Å². The second-order valence-electron chi connectivity index (χ2n) is 10.4. The van der Waals surface area contributed by atoms with Crippen molar-refractivity contribution in [1.29, 1.82) is 0 Å². The maximum Gasteiger partial charge on any atom is 0.251 e. The van der Waals surface area contributed by atoms with E-state index in [2.05, 4.69) is 16.8 Å². The van der Waals surface area contributed by atoms with Crippen LogP contribution >= 0.6 is 0 Å². The topological polar surface area (TPSA) is 48.3 Å². The van der Waals surface area contributed by atoms with Crippen LogP contribution in [0.15, 0.2) is 16.4 Å². The van der Waals surface area contributed by atoms with Gasteiger partial charge >= 0.3 is 0 Å². The summed E-state index contributed by atoms with van der Waals surface area (Å²) in [5, 5.41) is 9.91. The number of allylic oxidation sites excluding steroid dienone is 1. The van der Waals surface area contributed by atoms with Crippen molar-refractivity contribution in [2.45, 2.75) is 111 Å². The third-order valence-electron chi connectivity index (χ3n) is 7.37. The maximum atomic E-state index is 13.9. The molecule has 5 atom stereocenters. The lowest BCUT2D eigenvalue weighted by Crippen LogP contribution is -2.33. The van der Waals surface area contributed by atoms with Crippen molar-refractivity contribution in [3.63, 3.8) is 0 Å². The van der Waals surface area contributed by atoms with E-state index in [4.69, 9.17) is 4.74 Å². The Labute approximate surface area is 218 Å². The normalized spacial score (nSPS) is 21.9.